The predicted octanol–water partition coefficient (Wildman–Crippen LogP) is 9.60. The number of nitrogens with one attached hydrogen (secondary N) is 1. The molecular formula is C36H43F3N2O2. The fourth-order valence-electron chi connectivity index (χ4n) is 9.13. The van der Waals surface area contributed by atoms with Gasteiger partial charge in [-0.05, 0) is 90.4 Å². The van der Waals surface area contributed by atoms with Gasteiger partial charge in [0.15, 0.2) is 0 Å². The lowest BCUT2D eigenvalue weighted by Gasteiger charge is -2.59. The number of hydrogen-bond acceptors (Lipinski definition) is 2. The minimum absolute atomic E-state index is 0.0421. The summed E-state index contributed by atoms with van der Waals surface area (Å²) in [6.45, 7) is 10.9. The molecule has 0 radical (unpaired) electrons. The third-order valence-corrected chi connectivity index (χ3v) is 11.5. The molecule has 0 unspecified atom stereocenters. The van der Waals surface area contributed by atoms with Crippen LogP contribution in [0.25, 0.3) is 11.1 Å². The monoisotopic (exact) mass is 592 g/mol. The molecule has 7 heteroatoms. The zero-order valence-electron chi connectivity index (χ0n) is 25.9. The molecule has 2 aromatic carbocycles. The summed E-state index contributed by atoms with van der Waals surface area (Å²) in [7, 11) is 0. The summed E-state index contributed by atoms with van der Waals surface area (Å²) in [6.07, 6.45) is 6.67. The number of nitrogens with zero attached hydrogens (tertiary/aromatic N) is 1. The van der Waals surface area contributed by atoms with E-state index in [1.807, 2.05) is 30.3 Å². The lowest BCUT2D eigenvalue weighted by Crippen LogP contribution is -2.62. The highest BCUT2D eigenvalue weighted by atomic mass is 19.4. The molecule has 3 saturated carbocycles. The van der Waals surface area contributed by atoms with E-state index >= 15 is 0 Å². The molecular weight excluding hydrogens is 549 g/mol. The summed E-state index contributed by atoms with van der Waals surface area (Å²) >= 11 is 0. The van der Waals surface area contributed by atoms with Crippen molar-refractivity contribution in [3.05, 3.63) is 65.7 Å². The van der Waals surface area contributed by atoms with Crippen molar-refractivity contribution in [3.63, 3.8) is 0 Å². The van der Waals surface area contributed by atoms with Crippen LogP contribution in [0.2, 0.25) is 0 Å². The second-order valence-electron chi connectivity index (χ2n) is 15.0. The number of hydrogen-bond donors (Lipinski definition) is 1. The highest BCUT2D eigenvalue weighted by Crippen LogP contribution is 2.64. The van der Waals surface area contributed by atoms with E-state index in [0.29, 0.717) is 40.7 Å². The zero-order valence-corrected chi connectivity index (χ0v) is 25.9. The van der Waals surface area contributed by atoms with Crippen LogP contribution in [-0.4, -0.2) is 22.9 Å². The highest BCUT2D eigenvalue weighted by Gasteiger charge is 2.59. The largest absolute Gasteiger partial charge is 0.416 e. The molecule has 6 rings (SSSR count). The molecule has 0 aromatic heterocycles. The molecule has 1 N–H and O–H groups in total. The SMILES string of the molecule is CC(C)(C)c1ccc(-c2ccc(C(F)(F)F)cc2NC(=O)N2C(=O)C=C[C@]3(C)[C@H]4CC[C@]5(C)CCC[C@H]5[C@@H]4CC[C@@H]23)cc1. The van der Waals surface area contributed by atoms with E-state index in [9.17, 15) is 22.8 Å². The van der Waals surface area contributed by atoms with E-state index in [-0.39, 0.29) is 22.6 Å². The van der Waals surface area contributed by atoms with Crippen molar-refractivity contribution in [2.24, 2.45) is 28.6 Å². The Kier molecular flexibility index (Phi) is 7.13. The number of carbonyl (C=O) groups is 2. The molecule has 3 aliphatic carbocycles. The van der Waals surface area contributed by atoms with Crippen molar-refractivity contribution in [2.75, 3.05) is 5.32 Å². The smallest absolute Gasteiger partial charge is 0.307 e. The van der Waals surface area contributed by atoms with Crippen molar-refractivity contribution < 1.29 is 22.8 Å². The molecule has 230 valence electrons. The van der Waals surface area contributed by atoms with Gasteiger partial charge < -0.3 is 5.32 Å². The normalized spacial score (nSPS) is 32.2. The maximum absolute atomic E-state index is 14.0. The first-order valence-electron chi connectivity index (χ1n) is 15.8. The topological polar surface area (TPSA) is 49.4 Å². The van der Waals surface area contributed by atoms with Gasteiger partial charge in [-0.2, -0.15) is 13.2 Å². The number of halogens is 3. The number of anilines is 1. The molecule has 4 nitrogen and oxygen atoms in total. The van der Waals surface area contributed by atoms with Crippen molar-refractivity contribution >= 4 is 17.6 Å². The molecule has 1 aliphatic heterocycles. The van der Waals surface area contributed by atoms with Crippen LogP contribution in [0.5, 0.6) is 0 Å². The molecule has 3 fully saturated rings. The number of rotatable bonds is 2. The predicted molar refractivity (Wildman–Crippen MR) is 163 cm³/mol. The van der Waals surface area contributed by atoms with Gasteiger partial charge in [-0.3, -0.25) is 9.69 Å². The lowest BCUT2D eigenvalue weighted by molar-refractivity contribution is -0.137. The first-order chi connectivity index (χ1) is 20.1. The van der Waals surface area contributed by atoms with Crippen LogP contribution in [0.1, 0.15) is 90.7 Å². The quantitative estimate of drug-likeness (QED) is 0.378. The van der Waals surface area contributed by atoms with Crippen molar-refractivity contribution in [3.8, 4) is 11.1 Å². The minimum Gasteiger partial charge on any atom is -0.307 e. The van der Waals surface area contributed by atoms with E-state index in [0.717, 1.165) is 37.0 Å². The average Bonchev–Trinajstić information content (AvgIpc) is 3.34. The number of fused-ring (bicyclic) bond motifs is 5. The van der Waals surface area contributed by atoms with E-state index in [1.54, 1.807) is 0 Å². The van der Waals surface area contributed by atoms with Crippen LogP contribution < -0.4 is 5.32 Å². The first kappa shape index (κ1) is 30.0. The Morgan fingerprint density at radius 2 is 1.60 bits per heavy atom. The first-order valence-corrected chi connectivity index (χ1v) is 15.8. The Morgan fingerprint density at radius 3 is 2.28 bits per heavy atom. The second-order valence-corrected chi connectivity index (χ2v) is 15.0. The Hall–Kier alpha value is -3.09. The number of carbonyl (C=O) groups excluding carboxylic acids is 2. The third-order valence-electron chi connectivity index (χ3n) is 11.5. The van der Waals surface area contributed by atoms with Crippen LogP contribution in [0.4, 0.5) is 23.7 Å². The standard InChI is InChI=1S/C36H43F3N2O2/c1-33(2,3)23-10-8-22(9-11-23)25-13-12-24(36(37,38)39)21-29(25)40-32(43)41-30-15-14-26-27-7-6-18-34(27,4)19-16-28(26)35(30,5)20-17-31(41)42/h8-13,17,20-21,26-28,30H,6-7,14-16,18-19H2,1-5H3,(H,40,43)/t26-,27-,28-,30+,34-,35+/m0/s1. The van der Waals surface area contributed by atoms with Crippen LogP contribution >= 0.6 is 0 Å². The summed E-state index contributed by atoms with van der Waals surface area (Å²) in [5, 5.41) is 2.76. The van der Waals surface area contributed by atoms with Crippen LogP contribution in [0, 0.1) is 28.6 Å². The van der Waals surface area contributed by atoms with Gasteiger partial charge in [0.25, 0.3) is 5.91 Å². The maximum Gasteiger partial charge on any atom is 0.416 e. The van der Waals surface area contributed by atoms with Gasteiger partial charge in [0, 0.05) is 17.1 Å². The van der Waals surface area contributed by atoms with E-state index < -0.39 is 23.7 Å². The summed E-state index contributed by atoms with van der Waals surface area (Å²) in [4.78, 5) is 28.6. The Morgan fingerprint density at radius 1 is 0.907 bits per heavy atom. The Labute approximate surface area is 253 Å². The van der Waals surface area contributed by atoms with Crippen molar-refractivity contribution in [1.82, 2.24) is 4.90 Å². The van der Waals surface area contributed by atoms with Crippen LogP contribution in [0.15, 0.2) is 54.6 Å². The number of amides is 3. The zero-order chi connectivity index (χ0) is 30.9. The molecule has 1 heterocycles. The molecule has 3 amide bonds. The number of benzene rings is 2. The molecule has 0 bridgehead atoms. The van der Waals surface area contributed by atoms with E-state index in [2.05, 4.69) is 39.9 Å². The molecule has 2 aromatic rings. The average molecular weight is 593 g/mol. The summed E-state index contributed by atoms with van der Waals surface area (Å²) in [5.74, 6) is 1.20. The summed E-state index contributed by atoms with van der Waals surface area (Å²) in [5.41, 5.74) is 1.39. The van der Waals surface area contributed by atoms with Crippen LogP contribution in [0.3, 0.4) is 0 Å². The van der Waals surface area contributed by atoms with E-state index in [1.165, 1.54) is 36.3 Å². The molecule has 43 heavy (non-hydrogen) atoms. The lowest BCUT2D eigenvalue weighted by atomic mass is 9.48. The van der Waals surface area contributed by atoms with Crippen molar-refractivity contribution in [1.29, 1.82) is 0 Å². The fraction of sp³-hybridized carbons (Fsp3) is 0.556. The number of urea groups is 1. The summed E-state index contributed by atoms with van der Waals surface area (Å²) in [6, 6.07) is 10.1. The van der Waals surface area contributed by atoms with Gasteiger partial charge in [-0.25, -0.2) is 4.79 Å². The van der Waals surface area contributed by atoms with Gasteiger partial charge in [-0.15, -0.1) is 0 Å². The molecule has 0 spiro atoms. The molecule has 0 saturated heterocycles. The maximum atomic E-state index is 14.0. The molecule has 6 atom stereocenters. The number of imide groups is 1. The minimum atomic E-state index is -4.58. The van der Waals surface area contributed by atoms with Gasteiger partial charge in [0.1, 0.15) is 0 Å². The van der Waals surface area contributed by atoms with Gasteiger partial charge in [-0.1, -0.05) is 77.4 Å². The van der Waals surface area contributed by atoms with Crippen molar-refractivity contribution in [2.45, 2.75) is 97.2 Å². The number of alkyl halides is 3. The van der Waals surface area contributed by atoms with Gasteiger partial charge >= 0.3 is 12.2 Å². The highest BCUT2D eigenvalue weighted by molar-refractivity contribution is 6.07. The Bertz CT molecular complexity index is 1460. The van der Waals surface area contributed by atoms with Crippen LogP contribution in [-0.2, 0) is 16.4 Å². The third kappa shape index (κ3) is 5.10. The van der Waals surface area contributed by atoms with E-state index in [4.69, 9.17) is 0 Å². The van der Waals surface area contributed by atoms with Gasteiger partial charge in [0.2, 0.25) is 0 Å². The fourth-order valence-corrected chi connectivity index (χ4v) is 9.13. The van der Waals surface area contributed by atoms with Gasteiger partial charge in [0.05, 0.1) is 17.3 Å². The summed E-state index contributed by atoms with van der Waals surface area (Å²) < 4.78 is 41.4. The molecule has 4 aliphatic rings. The Balaban J connectivity index is 1.32. The second kappa shape index (κ2) is 10.2.